The lowest BCUT2D eigenvalue weighted by Gasteiger charge is -2.09. The molecule has 1 heterocycles. The molecule has 1 saturated carbocycles. The van der Waals surface area contributed by atoms with Gasteiger partial charge < -0.3 is 5.32 Å². The zero-order chi connectivity index (χ0) is 10.7. The van der Waals surface area contributed by atoms with Crippen molar-refractivity contribution in [2.45, 2.75) is 32.7 Å². The second kappa shape index (κ2) is 5.33. The van der Waals surface area contributed by atoms with Crippen molar-refractivity contribution in [1.82, 2.24) is 5.32 Å². The minimum absolute atomic E-state index is 0.890. The predicted molar refractivity (Wildman–Crippen MR) is 67.5 cm³/mol. The average molecular weight is 244 g/mol. The fourth-order valence-electron chi connectivity index (χ4n) is 2.36. The Kier molecular flexibility index (Phi) is 4.06. The summed E-state index contributed by atoms with van der Waals surface area (Å²) in [6.07, 6.45) is 4.22. The van der Waals surface area contributed by atoms with Gasteiger partial charge in [-0.3, -0.25) is 0 Å². The fraction of sp³-hybridized carbons (Fsp3) is 0.667. The third kappa shape index (κ3) is 3.47. The molecule has 1 aliphatic rings. The smallest absolute Gasteiger partial charge is 0.0931 e. The van der Waals surface area contributed by atoms with Crippen molar-refractivity contribution in [2.75, 3.05) is 6.54 Å². The van der Waals surface area contributed by atoms with Crippen LogP contribution in [0.15, 0.2) is 12.1 Å². The van der Waals surface area contributed by atoms with Gasteiger partial charge in [-0.05, 0) is 43.4 Å². The van der Waals surface area contributed by atoms with E-state index < -0.39 is 0 Å². The zero-order valence-electron chi connectivity index (χ0n) is 9.13. The molecule has 3 heteroatoms. The van der Waals surface area contributed by atoms with E-state index in [1.54, 1.807) is 11.3 Å². The summed E-state index contributed by atoms with van der Waals surface area (Å²) in [6.45, 7) is 4.50. The van der Waals surface area contributed by atoms with E-state index in [9.17, 15) is 0 Å². The lowest BCUT2D eigenvalue weighted by molar-refractivity contribution is 0.472. The van der Waals surface area contributed by atoms with E-state index in [1.807, 2.05) is 6.07 Å². The van der Waals surface area contributed by atoms with E-state index in [-0.39, 0.29) is 0 Å². The highest BCUT2D eigenvalue weighted by molar-refractivity contribution is 7.16. The average Bonchev–Trinajstić information content (AvgIpc) is 2.76. The molecule has 0 aromatic carbocycles. The van der Waals surface area contributed by atoms with Crippen LogP contribution in [0.25, 0.3) is 0 Å². The Bertz CT molecular complexity index is 310. The SMILES string of the molecule is CC1CCC(CNCc2ccc(Cl)s2)C1. The monoisotopic (exact) mass is 243 g/mol. The van der Waals surface area contributed by atoms with E-state index in [4.69, 9.17) is 11.6 Å². The third-order valence-electron chi connectivity index (χ3n) is 3.16. The summed E-state index contributed by atoms with van der Waals surface area (Å²) in [6, 6.07) is 4.08. The van der Waals surface area contributed by atoms with Gasteiger partial charge in [-0.25, -0.2) is 0 Å². The van der Waals surface area contributed by atoms with Crippen LogP contribution in [-0.2, 0) is 6.54 Å². The Morgan fingerprint density at radius 1 is 1.47 bits per heavy atom. The number of halogens is 1. The Balaban J connectivity index is 1.67. The molecule has 1 aromatic heterocycles. The van der Waals surface area contributed by atoms with E-state index in [1.165, 1.54) is 30.7 Å². The van der Waals surface area contributed by atoms with Crippen molar-refractivity contribution < 1.29 is 0 Å². The van der Waals surface area contributed by atoms with Crippen LogP contribution in [0.4, 0.5) is 0 Å². The Hall–Kier alpha value is -0.0500. The van der Waals surface area contributed by atoms with Crippen LogP contribution in [0, 0.1) is 11.8 Å². The quantitative estimate of drug-likeness (QED) is 0.845. The van der Waals surface area contributed by atoms with Gasteiger partial charge >= 0.3 is 0 Å². The Morgan fingerprint density at radius 3 is 2.93 bits per heavy atom. The lowest BCUT2D eigenvalue weighted by atomic mass is 10.1. The minimum atomic E-state index is 0.890. The van der Waals surface area contributed by atoms with Gasteiger partial charge in [0.1, 0.15) is 0 Å². The second-order valence-electron chi connectivity index (χ2n) is 4.62. The molecule has 0 saturated heterocycles. The summed E-state index contributed by atoms with van der Waals surface area (Å²) >= 11 is 7.55. The predicted octanol–water partition coefficient (Wildman–Crippen LogP) is 3.93. The molecule has 1 aliphatic carbocycles. The molecule has 2 rings (SSSR count). The molecule has 0 radical (unpaired) electrons. The largest absolute Gasteiger partial charge is 0.312 e. The van der Waals surface area contributed by atoms with Gasteiger partial charge in [-0.1, -0.05) is 24.9 Å². The molecular formula is C12H18ClNS. The van der Waals surface area contributed by atoms with Gasteiger partial charge in [-0.15, -0.1) is 11.3 Å². The molecule has 2 unspecified atom stereocenters. The number of hydrogen-bond donors (Lipinski definition) is 1. The molecule has 2 atom stereocenters. The maximum Gasteiger partial charge on any atom is 0.0931 e. The normalized spacial score (nSPS) is 26.0. The first-order valence-corrected chi connectivity index (χ1v) is 6.88. The zero-order valence-corrected chi connectivity index (χ0v) is 10.7. The Morgan fingerprint density at radius 2 is 2.33 bits per heavy atom. The van der Waals surface area contributed by atoms with E-state index >= 15 is 0 Å². The fourth-order valence-corrected chi connectivity index (χ4v) is 3.41. The van der Waals surface area contributed by atoms with Crippen LogP contribution < -0.4 is 5.32 Å². The van der Waals surface area contributed by atoms with Crippen LogP contribution in [0.3, 0.4) is 0 Å². The summed E-state index contributed by atoms with van der Waals surface area (Å²) in [5.41, 5.74) is 0. The summed E-state index contributed by atoms with van der Waals surface area (Å²) in [4.78, 5) is 1.34. The molecule has 0 bridgehead atoms. The van der Waals surface area contributed by atoms with Crippen molar-refractivity contribution in [3.8, 4) is 0 Å². The third-order valence-corrected chi connectivity index (χ3v) is 4.40. The number of nitrogens with one attached hydrogen (secondary N) is 1. The van der Waals surface area contributed by atoms with Crippen molar-refractivity contribution >= 4 is 22.9 Å². The second-order valence-corrected chi connectivity index (χ2v) is 6.42. The summed E-state index contributed by atoms with van der Waals surface area (Å²) in [5, 5.41) is 3.53. The number of thiophene rings is 1. The molecule has 1 fully saturated rings. The highest BCUT2D eigenvalue weighted by Crippen LogP contribution is 2.29. The van der Waals surface area contributed by atoms with Crippen LogP contribution in [0.5, 0.6) is 0 Å². The number of hydrogen-bond acceptors (Lipinski definition) is 2. The maximum atomic E-state index is 5.88. The molecule has 0 aliphatic heterocycles. The topological polar surface area (TPSA) is 12.0 Å². The van der Waals surface area contributed by atoms with E-state index in [0.29, 0.717) is 0 Å². The van der Waals surface area contributed by atoms with Gasteiger partial charge in [0.15, 0.2) is 0 Å². The van der Waals surface area contributed by atoms with Gasteiger partial charge in [-0.2, -0.15) is 0 Å². The Labute approximate surface area is 101 Å². The van der Waals surface area contributed by atoms with Gasteiger partial charge in [0, 0.05) is 11.4 Å². The van der Waals surface area contributed by atoms with E-state index in [2.05, 4.69) is 18.3 Å². The van der Waals surface area contributed by atoms with Crippen LogP contribution in [0.2, 0.25) is 4.34 Å². The van der Waals surface area contributed by atoms with E-state index in [0.717, 1.165) is 22.7 Å². The first kappa shape index (κ1) is 11.4. The minimum Gasteiger partial charge on any atom is -0.312 e. The maximum absolute atomic E-state index is 5.88. The molecule has 15 heavy (non-hydrogen) atoms. The van der Waals surface area contributed by atoms with Gasteiger partial charge in [0.05, 0.1) is 4.34 Å². The molecule has 1 N–H and O–H groups in total. The van der Waals surface area contributed by atoms with Crippen molar-refractivity contribution in [2.24, 2.45) is 11.8 Å². The van der Waals surface area contributed by atoms with Gasteiger partial charge in [0.2, 0.25) is 0 Å². The van der Waals surface area contributed by atoms with Crippen molar-refractivity contribution in [3.63, 3.8) is 0 Å². The summed E-state index contributed by atoms with van der Waals surface area (Å²) < 4.78 is 0.890. The molecule has 84 valence electrons. The molecule has 1 nitrogen and oxygen atoms in total. The highest BCUT2D eigenvalue weighted by atomic mass is 35.5. The van der Waals surface area contributed by atoms with Crippen LogP contribution in [-0.4, -0.2) is 6.54 Å². The first-order valence-electron chi connectivity index (χ1n) is 5.69. The van der Waals surface area contributed by atoms with Crippen molar-refractivity contribution in [1.29, 1.82) is 0 Å². The number of rotatable bonds is 4. The summed E-state index contributed by atoms with van der Waals surface area (Å²) in [7, 11) is 0. The molecule has 0 spiro atoms. The van der Waals surface area contributed by atoms with Crippen LogP contribution in [0.1, 0.15) is 31.1 Å². The standard InChI is InChI=1S/C12H18ClNS/c1-9-2-3-10(6-9)7-14-8-11-4-5-12(13)15-11/h4-5,9-10,14H,2-3,6-8H2,1H3. The molecule has 1 aromatic rings. The lowest BCUT2D eigenvalue weighted by Crippen LogP contribution is -2.20. The van der Waals surface area contributed by atoms with Crippen LogP contribution >= 0.6 is 22.9 Å². The molecule has 0 amide bonds. The molecular weight excluding hydrogens is 226 g/mol. The van der Waals surface area contributed by atoms with Crippen molar-refractivity contribution in [3.05, 3.63) is 21.3 Å². The highest BCUT2D eigenvalue weighted by Gasteiger charge is 2.20. The first-order chi connectivity index (χ1) is 7.24. The van der Waals surface area contributed by atoms with Gasteiger partial charge in [0.25, 0.3) is 0 Å². The summed E-state index contributed by atoms with van der Waals surface area (Å²) in [5.74, 6) is 1.84.